The molecule has 0 bridgehead atoms. The molecule has 3 heterocycles. The van der Waals surface area contributed by atoms with E-state index >= 15 is 0 Å². The standard InChI is InChI=1S/C17H18ClIN4O2S/c1-10-12(19)9-23-15(10)13(7-14(18)20-23)22(8-11-5-6-26-21-11)16(24)25-17(2,3)4/h5-7,9H,8H2,1-4H3. The van der Waals surface area contributed by atoms with Crippen LogP contribution in [0.15, 0.2) is 23.7 Å². The minimum Gasteiger partial charge on any atom is -0.443 e. The number of carbonyl (C=O) groups excluding carboxylic acids is 1. The monoisotopic (exact) mass is 504 g/mol. The first-order valence-electron chi connectivity index (χ1n) is 7.89. The van der Waals surface area contributed by atoms with E-state index in [1.165, 1.54) is 11.5 Å². The fraction of sp³-hybridized carbons (Fsp3) is 0.353. The molecule has 1 amide bonds. The number of halogens is 2. The molecule has 6 nitrogen and oxygen atoms in total. The maximum atomic E-state index is 13.0. The van der Waals surface area contributed by atoms with Gasteiger partial charge in [0.25, 0.3) is 0 Å². The molecule has 9 heteroatoms. The zero-order valence-corrected chi connectivity index (χ0v) is 18.5. The van der Waals surface area contributed by atoms with Crippen molar-refractivity contribution in [3.63, 3.8) is 0 Å². The molecular weight excluding hydrogens is 487 g/mol. The summed E-state index contributed by atoms with van der Waals surface area (Å²) in [6.45, 7) is 7.80. The van der Waals surface area contributed by atoms with E-state index in [0.29, 0.717) is 10.8 Å². The van der Waals surface area contributed by atoms with Crippen molar-refractivity contribution in [2.75, 3.05) is 4.90 Å². The molecule has 0 aliphatic heterocycles. The number of ether oxygens (including phenoxy) is 1. The maximum absolute atomic E-state index is 13.0. The molecule has 0 saturated heterocycles. The van der Waals surface area contributed by atoms with Gasteiger partial charge in [-0.05, 0) is 73.4 Å². The number of hydrogen-bond donors (Lipinski definition) is 0. The summed E-state index contributed by atoms with van der Waals surface area (Å²) in [5, 5.41) is 6.49. The largest absolute Gasteiger partial charge is 0.443 e. The Morgan fingerprint density at radius 3 is 2.81 bits per heavy atom. The predicted molar refractivity (Wildman–Crippen MR) is 112 cm³/mol. The summed E-state index contributed by atoms with van der Waals surface area (Å²) in [6.07, 6.45) is 1.43. The topological polar surface area (TPSA) is 59.7 Å². The predicted octanol–water partition coefficient (Wildman–Crippen LogP) is 5.30. The molecule has 0 aliphatic carbocycles. The highest BCUT2D eigenvalue weighted by Gasteiger charge is 2.27. The van der Waals surface area contributed by atoms with Crippen LogP contribution in [0.2, 0.25) is 5.15 Å². The lowest BCUT2D eigenvalue weighted by molar-refractivity contribution is 0.0577. The number of fused-ring (bicyclic) bond motifs is 1. The van der Waals surface area contributed by atoms with Crippen LogP contribution in [0.1, 0.15) is 32.0 Å². The summed E-state index contributed by atoms with van der Waals surface area (Å²) in [5.41, 5.74) is 2.66. The molecule has 0 spiro atoms. The fourth-order valence-corrected chi connectivity index (χ4v) is 3.74. The number of aryl methyl sites for hydroxylation is 1. The summed E-state index contributed by atoms with van der Waals surface area (Å²) in [5.74, 6) is 0. The molecule has 3 aromatic rings. The van der Waals surface area contributed by atoms with Crippen LogP contribution in [-0.2, 0) is 11.3 Å². The molecule has 0 N–H and O–H groups in total. The van der Waals surface area contributed by atoms with Crippen LogP contribution in [0.3, 0.4) is 0 Å². The molecule has 0 aliphatic rings. The van der Waals surface area contributed by atoms with Crippen molar-refractivity contribution >= 4 is 63.0 Å². The Labute approximate surface area is 174 Å². The zero-order chi connectivity index (χ0) is 19.1. The van der Waals surface area contributed by atoms with E-state index in [0.717, 1.165) is 20.3 Å². The van der Waals surface area contributed by atoms with Gasteiger partial charge >= 0.3 is 6.09 Å². The van der Waals surface area contributed by atoms with Gasteiger partial charge in [-0.25, -0.2) is 9.31 Å². The highest BCUT2D eigenvalue weighted by molar-refractivity contribution is 14.1. The lowest BCUT2D eigenvalue weighted by Crippen LogP contribution is -2.37. The van der Waals surface area contributed by atoms with E-state index in [-0.39, 0.29) is 6.54 Å². The minimum atomic E-state index is -0.615. The van der Waals surface area contributed by atoms with Crippen LogP contribution in [-0.4, -0.2) is 25.7 Å². The Bertz CT molecular complexity index is 950. The number of anilines is 1. The number of rotatable bonds is 3. The van der Waals surface area contributed by atoms with Gasteiger partial charge in [0.05, 0.1) is 23.4 Å². The van der Waals surface area contributed by atoms with E-state index in [1.54, 1.807) is 15.5 Å². The lowest BCUT2D eigenvalue weighted by Gasteiger charge is -2.27. The van der Waals surface area contributed by atoms with Gasteiger partial charge < -0.3 is 4.74 Å². The van der Waals surface area contributed by atoms with Gasteiger partial charge in [0.15, 0.2) is 5.15 Å². The van der Waals surface area contributed by atoms with Gasteiger partial charge in [-0.1, -0.05) is 11.6 Å². The summed E-state index contributed by atoms with van der Waals surface area (Å²) in [6, 6.07) is 3.58. The van der Waals surface area contributed by atoms with Gasteiger partial charge in [0.1, 0.15) is 5.60 Å². The normalized spacial score (nSPS) is 11.8. The van der Waals surface area contributed by atoms with Crippen molar-refractivity contribution in [1.29, 1.82) is 0 Å². The molecule has 0 atom stereocenters. The first-order valence-corrected chi connectivity index (χ1v) is 10.2. The van der Waals surface area contributed by atoms with Gasteiger partial charge in [-0.15, -0.1) is 0 Å². The Hall–Kier alpha value is -1.39. The third kappa shape index (κ3) is 4.12. The second kappa shape index (κ2) is 7.32. The molecule has 3 aromatic heterocycles. The van der Waals surface area contributed by atoms with Gasteiger partial charge in [0, 0.05) is 21.2 Å². The van der Waals surface area contributed by atoms with E-state index in [9.17, 15) is 4.79 Å². The first kappa shape index (κ1) is 19.4. The van der Waals surface area contributed by atoms with Crippen molar-refractivity contribution < 1.29 is 9.53 Å². The molecule has 3 rings (SSSR count). The van der Waals surface area contributed by atoms with Crippen molar-refractivity contribution in [2.45, 2.75) is 39.8 Å². The minimum absolute atomic E-state index is 0.287. The number of hydrogen-bond acceptors (Lipinski definition) is 5. The Morgan fingerprint density at radius 1 is 1.46 bits per heavy atom. The average Bonchev–Trinajstić information content (AvgIpc) is 3.11. The maximum Gasteiger partial charge on any atom is 0.415 e. The van der Waals surface area contributed by atoms with Crippen molar-refractivity contribution in [3.8, 4) is 0 Å². The molecule has 0 unspecified atom stereocenters. The van der Waals surface area contributed by atoms with E-state index in [1.807, 2.05) is 45.3 Å². The number of nitrogens with zero attached hydrogens (tertiary/aromatic N) is 4. The molecule has 0 fully saturated rings. The van der Waals surface area contributed by atoms with Gasteiger partial charge in [-0.3, -0.25) is 4.90 Å². The lowest BCUT2D eigenvalue weighted by atomic mass is 10.2. The summed E-state index contributed by atoms with van der Waals surface area (Å²) in [4.78, 5) is 14.5. The Balaban J connectivity index is 2.15. The molecule has 0 radical (unpaired) electrons. The van der Waals surface area contributed by atoms with E-state index < -0.39 is 11.7 Å². The first-order chi connectivity index (χ1) is 12.2. The van der Waals surface area contributed by atoms with Crippen LogP contribution < -0.4 is 4.90 Å². The van der Waals surface area contributed by atoms with E-state index in [4.69, 9.17) is 16.3 Å². The molecule has 0 saturated carbocycles. The highest BCUT2D eigenvalue weighted by Crippen LogP contribution is 2.32. The fourth-order valence-electron chi connectivity index (χ4n) is 2.51. The quantitative estimate of drug-likeness (QED) is 0.454. The third-order valence-electron chi connectivity index (χ3n) is 3.60. The van der Waals surface area contributed by atoms with Crippen LogP contribution in [0.5, 0.6) is 0 Å². The average molecular weight is 505 g/mol. The molecule has 0 aromatic carbocycles. The van der Waals surface area contributed by atoms with Crippen LogP contribution in [0.25, 0.3) is 5.52 Å². The molecule has 26 heavy (non-hydrogen) atoms. The second-order valence-electron chi connectivity index (χ2n) is 6.80. The number of aromatic nitrogens is 3. The zero-order valence-electron chi connectivity index (χ0n) is 14.8. The Morgan fingerprint density at radius 2 is 2.19 bits per heavy atom. The third-order valence-corrected chi connectivity index (χ3v) is 5.47. The summed E-state index contributed by atoms with van der Waals surface area (Å²) < 4.78 is 12.7. The molecule has 138 valence electrons. The van der Waals surface area contributed by atoms with Crippen LogP contribution in [0.4, 0.5) is 10.5 Å². The van der Waals surface area contributed by atoms with Crippen molar-refractivity contribution in [2.24, 2.45) is 0 Å². The van der Waals surface area contributed by atoms with Crippen molar-refractivity contribution in [1.82, 2.24) is 14.0 Å². The second-order valence-corrected chi connectivity index (χ2v) is 9.02. The smallest absolute Gasteiger partial charge is 0.415 e. The van der Waals surface area contributed by atoms with Crippen molar-refractivity contribution in [3.05, 3.63) is 43.7 Å². The molecular formula is C17H18ClIN4O2S. The van der Waals surface area contributed by atoms with Crippen LogP contribution >= 0.6 is 45.7 Å². The van der Waals surface area contributed by atoms with Crippen LogP contribution in [0, 0.1) is 10.5 Å². The number of amides is 1. The Kier molecular flexibility index (Phi) is 5.45. The number of carbonyl (C=O) groups is 1. The SMILES string of the molecule is Cc1c(I)cn2nc(Cl)cc(N(Cc3ccsn3)C(=O)OC(C)(C)C)c12. The van der Waals surface area contributed by atoms with Gasteiger partial charge in [-0.2, -0.15) is 9.47 Å². The van der Waals surface area contributed by atoms with Gasteiger partial charge in [0.2, 0.25) is 0 Å². The summed E-state index contributed by atoms with van der Waals surface area (Å²) in [7, 11) is 0. The van der Waals surface area contributed by atoms with E-state index in [2.05, 4.69) is 32.1 Å². The summed E-state index contributed by atoms with van der Waals surface area (Å²) >= 11 is 9.81. The highest BCUT2D eigenvalue weighted by atomic mass is 127.